The molecule has 0 atom stereocenters. The van der Waals surface area contributed by atoms with E-state index in [9.17, 15) is 4.79 Å². The summed E-state index contributed by atoms with van der Waals surface area (Å²) in [5.74, 6) is -0.921. The smallest absolute Gasteiger partial charge is 0.335 e. The highest BCUT2D eigenvalue weighted by atomic mass is 32.1. The van der Waals surface area contributed by atoms with E-state index >= 15 is 0 Å². The van der Waals surface area contributed by atoms with Crippen molar-refractivity contribution in [1.29, 1.82) is 0 Å². The SMILES string of the molecule is O=C(O)c1ccc(-c2ccn(-c3cccs3)n2)cc1. The summed E-state index contributed by atoms with van der Waals surface area (Å²) in [6.07, 6.45) is 1.90. The largest absolute Gasteiger partial charge is 0.478 e. The fraction of sp³-hybridized carbons (Fsp3) is 0. The number of nitrogens with zero attached hydrogens (tertiary/aromatic N) is 2. The van der Waals surface area contributed by atoms with E-state index in [1.54, 1.807) is 35.6 Å². The van der Waals surface area contributed by atoms with Gasteiger partial charge in [0.25, 0.3) is 0 Å². The molecule has 0 spiro atoms. The topological polar surface area (TPSA) is 55.1 Å². The Morgan fingerprint density at radius 2 is 1.95 bits per heavy atom. The van der Waals surface area contributed by atoms with Crippen LogP contribution in [0.15, 0.2) is 54.0 Å². The number of benzene rings is 1. The number of aromatic nitrogens is 2. The van der Waals surface area contributed by atoms with Crippen molar-refractivity contribution in [2.24, 2.45) is 0 Å². The van der Waals surface area contributed by atoms with Gasteiger partial charge in [0, 0.05) is 11.8 Å². The second-order valence-electron chi connectivity index (χ2n) is 3.98. The molecule has 2 heterocycles. The summed E-state index contributed by atoms with van der Waals surface area (Å²) < 4.78 is 1.81. The predicted molar refractivity (Wildman–Crippen MR) is 73.8 cm³/mol. The quantitative estimate of drug-likeness (QED) is 0.794. The average molecular weight is 270 g/mol. The number of aromatic carboxylic acids is 1. The Balaban J connectivity index is 1.92. The van der Waals surface area contributed by atoms with E-state index in [1.807, 2.05) is 34.5 Å². The first-order chi connectivity index (χ1) is 9.24. The Bertz CT molecular complexity index is 699. The normalized spacial score (nSPS) is 10.5. The van der Waals surface area contributed by atoms with Gasteiger partial charge in [0.2, 0.25) is 0 Å². The second kappa shape index (κ2) is 4.70. The molecule has 3 rings (SSSR count). The second-order valence-corrected chi connectivity index (χ2v) is 4.91. The highest BCUT2D eigenvalue weighted by Gasteiger charge is 2.06. The molecule has 0 saturated heterocycles. The Morgan fingerprint density at radius 1 is 1.16 bits per heavy atom. The molecule has 0 unspecified atom stereocenters. The van der Waals surface area contributed by atoms with E-state index in [1.165, 1.54) is 0 Å². The van der Waals surface area contributed by atoms with Gasteiger partial charge in [-0.25, -0.2) is 9.48 Å². The van der Waals surface area contributed by atoms with Gasteiger partial charge in [-0.05, 0) is 35.7 Å². The van der Waals surface area contributed by atoms with E-state index in [4.69, 9.17) is 5.11 Å². The highest BCUT2D eigenvalue weighted by molar-refractivity contribution is 7.12. The molecule has 1 aromatic carbocycles. The fourth-order valence-corrected chi connectivity index (χ4v) is 2.45. The van der Waals surface area contributed by atoms with Gasteiger partial charge in [0.1, 0.15) is 5.00 Å². The molecule has 0 aliphatic heterocycles. The van der Waals surface area contributed by atoms with Crippen molar-refractivity contribution in [3.63, 3.8) is 0 Å². The van der Waals surface area contributed by atoms with Crippen molar-refractivity contribution in [3.05, 3.63) is 59.6 Å². The van der Waals surface area contributed by atoms with Gasteiger partial charge in [-0.15, -0.1) is 11.3 Å². The predicted octanol–water partition coefficient (Wildman–Crippen LogP) is 3.30. The first kappa shape index (κ1) is 11.7. The minimum Gasteiger partial charge on any atom is -0.478 e. The summed E-state index contributed by atoms with van der Waals surface area (Å²) in [4.78, 5) is 10.8. The van der Waals surface area contributed by atoms with E-state index in [2.05, 4.69) is 5.10 Å². The van der Waals surface area contributed by atoms with Crippen molar-refractivity contribution in [2.45, 2.75) is 0 Å². The maximum Gasteiger partial charge on any atom is 0.335 e. The molecule has 19 heavy (non-hydrogen) atoms. The number of carboxylic acid groups (broad SMARTS) is 1. The van der Waals surface area contributed by atoms with E-state index in [-0.39, 0.29) is 5.56 Å². The molecule has 0 aliphatic rings. The zero-order chi connectivity index (χ0) is 13.2. The van der Waals surface area contributed by atoms with E-state index < -0.39 is 5.97 Å². The first-order valence-corrected chi connectivity index (χ1v) is 6.55. The Morgan fingerprint density at radius 3 is 2.58 bits per heavy atom. The summed E-state index contributed by atoms with van der Waals surface area (Å²) in [6.45, 7) is 0. The van der Waals surface area contributed by atoms with Crippen LogP contribution in [0, 0.1) is 0 Å². The van der Waals surface area contributed by atoms with Crippen molar-refractivity contribution in [3.8, 4) is 16.3 Å². The molecule has 1 N–H and O–H groups in total. The monoisotopic (exact) mass is 270 g/mol. The van der Waals surface area contributed by atoms with Crippen LogP contribution in [0.5, 0.6) is 0 Å². The maximum absolute atomic E-state index is 10.8. The van der Waals surface area contributed by atoms with Gasteiger partial charge in [0.05, 0.1) is 11.3 Å². The summed E-state index contributed by atoms with van der Waals surface area (Å²) >= 11 is 1.61. The molecule has 0 fully saturated rings. The molecule has 4 nitrogen and oxygen atoms in total. The lowest BCUT2D eigenvalue weighted by Gasteiger charge is -1.98. The summed E-state index contributed by atoms with van der Waals surface area (Å²) in [6, 6.07) is 12.6. The summed E-state index contributed by atoms with van der Waals surface area (Å²) in [7, 11) is 0. The van der Waals surface area contributed by atoms with Crippen LogP contribution in [0.3, 0.4) is 0 Å². The average Bonchev–Trinajstić information content (AvgIpc) is 3.10. The number of thiophene rings is 1. The van der Waals surface area contributed by atoms with Gasteiger partial charge in [-0.1, -0.05) is 12.1 Å². The lowest BCUT2D eigenvalue weighted by molar-refractivity contribution is 0.0697. The highest BCUT2D eigenvalue weighted by Crippen LogP contribution is 2.20. The molecule has 0 aliphatic carbocycles. The molecule has 0 saturated carbocycles. The fourth-order valence-electron chi connectivity index (χ4n) is 1.78. The standard InChI is InChI=1S/C14H10N2O2S/c17-14(18)11-5-3-10(4-6-11)12-7-8-16(15-12)13-2-1-9-19-13/h1-9H,(H,17,18). The van der Waals surface area contributed by atoms with Crippen LogP contribution in [-0.2, 0) is 0 Å². The first-order valence-electron chi connectivity index (χ1n) is 5.67. The molecular formula is C14H10N2O2S. The minimum atomic E-state index is -0.921. The van der Waals surface area contributed by atoms with Gasteiger partial charge in [-0.2, -0.15) is 5.10 Å². The van der Waals surface area contributed by atoms with Crippen LogP contribution in [0.2, 0.25) is 0 Å². The number of carbonyl (C=O) groups is 1. The third-order valence-electron chi connectivity index (χ3n) is 2.75. The molecule has 5 heteroatoms. The molecule has 94 valence electrons. The summed E-state index contributed by atoms with van der Waals surface area (Å²) in [5.41, 5.74) is 2.01. The molecule has 2 aromatic heterocycles. The van der Waals surface area contributed by atoms with Gasteiger partial charge < -0.3 is 5.11 Å². The van der Waals surface area contributed by atoms with Crippen molar-refractivity contribution in [1.82, 2.24) is 9.78 Å². The van der Waals surface area contributed by atoms with Crippen LogP contribution >= 0.6 is 11.3 Å². The molecule has 0 amide bonds. The Labute approximate surface area is 113 Å². The van der Waals surface area contributed by atoms with Gasteiger partial charge >= 0.3 is 5.97 Å². The Kier molecular flexibility index (Phi) is 2.89. The van der Waals surface area contributed by atoms with Crippen LogP contribution in [0.25, 0.3) is 16.3 Å². The Hall–Kier alpha value is -2.40. The van der Waals surface area contributed by atoms with Crippen molar-refractivity contribution >= 4 is 17.3 Å². The van der Waals surface area contributed by atoms with Crippen LogP contribution in [-0.4, -0.2) is 20.9 Å². The van der Waals surface area contributed by atoms with Crippen LogP contribution in [0.4, 0.5) is 0 Å². The number of rotatable bonds is 3. The number of hydrogen-bond acceptors (Lipinski definition) is 3. The van der Waals surface area contributed by atoms with Gasteiger partial charge in [0.15, 0.2) is 0 Å². The molecule has 0 radical (unpaired) electrons. The molecule has 0 bridgehead atoms. The third-order valence-corrected chi connectivity index (χ3v) is 3.61. The van der Waals surface area contributed by atoms with E-state index in [0.717, 1.165) is 16.3 Å². The van der Waals surface area contributed by atoms with Crippen LogP contribution in [0.1, 0.15) is 10.4 Å². The zero-order valence-electron chi connectivity index (χ0n) is 9.85. The molecular weight excluding hydrogens is 260 g/mol. The van der Waals surface area contributed by atoms with Crippen molar-refractivity contribution < 1.29 is 9.90 Å². The zero-order valence-corrected chi connectivity index (χ0v) is 10.7. The lowest BCUT2D eigenvalue weighted by atomic mass is 10.1. The molecule has 3 aromatic rings. The lowest BCUT2D eigenvalue weighted by Crippen LogP contribution is -1.95. The van der Waals surface area contributed by atoms with Crippen molar-refractivity contribution in [2.75, 3.05) is 0 Å². The maximum atomic E-state index is 10.8. The number of hydrogen-bond donors (Lipinski definition) is 1. The number of carboxylic acids is 1. The minimum absolute atomic E-state index is 0.279. The van der Waals surface area contributed by atoms with Gasteiger partial charge in [-0.3, -0.25) is 0 Å². The summed E-state index contributed by atoms with van der Waals surface area (Å²) in [5, 5.41) is 16.4. The third kappa shape index (κ3) is 2.28. The van der Waals surface area contributed by atoms with E-state index in [0.29, 0.717) is 0 Å². The van der Waals surface area contributed by atoms with Crippen LogP contribution < -0.4 is 0 Å².